The van der Waals surface area contributed by atoms with Crippen molar-refractivity contribution in [1.29, 1.82) is 0 Å². The molecule has 0 aliphatic heterocycles. The molecule has 10 heteroatoms. The second-order valence-corrected chi connectivity index (χ2v) is 12.3. The predicted molar refractivity (Wildman–Crippen MR) is 175 cm³/mol. The van der Waals surface area contributed by atoms with E-state index in [0.29, 0.717) is 23.8 Å². The number of benzene rings is 4. The highest BCUT2D eigenvalue weighted by Gasteiger charge is 2.32. The Balaban J connectivity index is 1.67. The lowest BCUT2D eigenvalue weighted by molar-refractivity contribution is -0.139. The van der Waals surface area contributed by atoms with Crippen molar-refractivity contribution in [3.05, 3.63) is 115 Å². The van der Waals surface area contributed by atoms with Crippen molar-refractivity contribution in [2.45, 2.75) is 44.2 Å². The molecule has 0 fully saturated rings. The molecule has 0 aliphatic rings. The Labute approximate surface area is 265 Å². The molecule has 4 aromatic rings. The topological polar surface area (TPSA) is 105 Å². The summed E-state index contributed by atoms with van der Waals surface area (Å²) in [5.41, 5.74) is 1.04. The molecule has 0 saturated carbocycles. The van der Waals surface area contributed by atoms with Gasteiger partial charge in [-0.3, -0.25) is 13.9 Å². The Bertz CT molecular complexity index is 1630. The first kappa shape index (κ1) is 33.1. The van der Waals surface area contributed by atoms with Crippen LogP contribution >= 0.6 is 0 Å². The Morgan fingerprint density at radius 1 is 0.800 bits per heavy atom. The molecule has 0 heterocycles. The van der Waals surface area contributed by atoms with Crippen molar-refractivity contribution in [2.24, 2.45) is 0 Å². The van der Waals surface area contributed by atoms with Gasteiger partial charge < -0.3 is 19.7 Å². The monoisotopic (exact) mass is 629 g/mol. The van der Waals surface area contributed by atoms with Crippen LogP contribution in [0.2, 0.25) is 0 Å². The number of unbranched alkanes of at least 4 members (excludes halogenated alkanes) is 1. The fourth-order valence-corrected chi connectivity index (χ4v) is 6.04. The molecule has 0 spiro atoms. The first-order valence-electron chi connectivity index (χ1n) is 14.8. The van der Waals surface area contributed by atoms with Crippen LogP contribution in [0, 0.1) is 0 Å². The van der Waals surface area contributed by atoms with E-state index in [4.69, 9.17) is 9.47 Å². The van der Waals surface area contributed by atoms with E-state index in [1.165, 1.54) is 17.0 Å². The molecule has 4 aromatic carbocycles. The molecule has 45 heavy (non-hydrogen) atoms. The number of anilines is 1. The van der Waals surface area contributed by atoms with Crippen molar-refractivity contribution >= 4 is 27.5 Å². The van der Waals surface area contributed by atoms with E-state index in [1.807, 2.05) is 49.4 Å². The van der Waals surface area contributed by atoms with Crippen LogP contribution in [0.4, 0.5) is 5.69 Å². The highest BCUT2D eigenvalue weighted by atomic mass is 32.2. The number of amides is 2. The van der Waals surface area contributed by atoms with Gasteiger partial charge in [-0.2, -0.15) is 0 Å². The first-order valence-corrected chi connectivity index (χ1v) is 16.3. The quantitative estimate of drug-likeness (QED) is 0.161. The lowest BCUT2D eigenvalue weighted by Gasteiger charge is -2.32. The van der Waals surface area contributed by atoms with Gasteiger partial charge in [-0.05, 0) is 79.6 Å². The van der Waals surface area contributed by atoms with Gasteiger partial charge in [-0.1, -0.05) is 61.9 Å². The Hall–Kier alpha value is -4.83. The van der Waals surface area contributed by atoms with E-state index >= 15 is 0 Å². The van der Waals surface area contributed by atoms with E-state index in [2.05, 4.69) is 5.32 Å². The van der Waals surface area contributed by atoms with Gasteiger partial charge in [0.15, 0.2) is 0 Å². The number of ether oxygens (including phenoxy) is 2. The largest absolute Gasteiger partial charge is 0.497 e. The molecule has 4 rings (SSSR count). The number of nitrogens with one attached hydrogen (secondary N) is 1. The molecular formula is C35H39N3O6S. The zero-order valence-corrected chi connectivity index (χ0v) is 26.6. The van der Waals surface area contributed by atoms with Crippen molar-refractivity contribution in [1.82, 2.24) is 10.2 Å². The Morgan fingerprint density at radius 3 is 1.98 bits per heavy atom. The van der Waals surface area contributed by atoms with Gasteiger partial charge in [0.05, 0.1) is 17.7 Å². The van der Waals surface area contributed by atoms with Crippen molar-refractivity contribution in [2.75, 3.05) is 24.5 Å². The number of carbonyl (C=O) groups is 2. The van der Waals surface area contributed by atoms with Gasteiger partial charge in [0.1, 0.15) is 29.8 Å². The number of hydrogen-bond acceptors (Lipinski definition) is 6. The minimum Gasteiger partial charge on any atom is -0.497 e. The zero-order valence-electron chi connectivity index (χ0n) is 25.8. The van der Waals surface area contributed by atoms with Crippen LogP contribution in [-0.2, 0) is 26.2 Å². The van der Waals surface area contributed by atoms with Crippen LogP contribution in [0.25, 0.3) is 0 Å². The number of rotatable bonds is 15. The van der Waals surface area contributed by atoms with Gasteiger partial charge in [-0.25, -0.2) is 8.42 Å². The lowest BCUT2D eigenvalue weighted by Crippen LogP contribution is -2.51. The van der Waals surface area contributed by atoms with E-state index in [1.54, 1.807) is 68.6 Å². The minimum absolute atomic E-state index is 0.0365. The molecule has 2 amide bonds. The summed E-state index contributed by atoms with van der Waals surface area (Å²) in [6.07, 6.45) is 1.71. The molecule has 0 bridgehead atoms. The average molecular weight is 630 g/mol. The fourth-order valence-electron chi connectivity index (χ4n) is 4.60. The molecule has 0 radical (unpaired) electrons. The SMILES string of the molecule is CCCCNC(=O)[C@H](C)N(Cc1ccc(OC)cc1)C(=O)CN(c1ccc(Oc2ccccc2)cc1)S(=O)(=O)c1ccccc1. The Kier molecular flexibility index (Phi) is 11.6. The van der Waals surface area contributed by atoms with Crippen molar-refractivity contribution in [3.8, 4) is 17.2 Å². The average Bonchev–Trinajstić information content (AvgIpc) is 3.07. The predicted octanol–water partition coefficient (Wildman–Crippen LogP) is 6.02. The van der Waals surface area contributed by atoms with Crippen LogP contribution in [0.3, 0.4) is 0 Å². The standard InChI is InChI=1S/C35H39N3O6S/c1-4-5-24-36-35(40)27(2)37(25-28-16-20-30(43-3)21-17-28)34(39)26-38(45(41,42)33-14-10-7-11-15-33)29-18-22-32(23-19-29)44-31-12-8-6-9-13-31/h6-23,27H,4-5,24-26H2,1-3H3,(H,36,40)/t27-/m0/s1. The summed E-state index contributed by atoms with van der Waals surface area (Å²) in [4.78, 5) is 28.7. The molecule has 0 aliphatic carbocycles. The van der Waals surface area contributed by atoms with E-state index in [-0.39, 0.29) is 23.0 Å². The van der Waals surface area contributed by atoms with Crippen LogP contribution in [0.15, 0.2) is 114 Å². The number of sulfonamides is 1. The number of nitrogens with zero attached hydrogens (tertiary/aromatic N) is 2. The summed E-state index contributed by atoms with van der Waals surface area (Å²) >= 11 is 0. The van der Waals surface area contributed by atoms with Gasteiger partial charge in [0, 0.05) is 13.1 Å². The lowest BCUT2D eigenvalue weighted by atomic mass is 10.1. The van der Waals surface area contributed by atoms with Gasteiger partial charge >= 0.3 is 0 Å². The summed E-state index contributed by atoms with van der Waals surface area (Å²) < 4.78 is 40.2. The molecule has 0 unspecified atom stereocenters. The summed E-state index contributed by atoms with van der Waals surface area (Å²) in [6.45, 7) is 3.72. The molecule has 236 valence electrons. The van der Waals surface area contributed by atoms with Gasteiger partial charge in [0.2, 0.25) is 11.8 Å². The van der Waals surface area contributed by atoms with E-state index in [0.717, 1.165) is 22.7 Å². The smallest absolute Gasteiger partial charge is 0.264 e. The van der Waals surface area contributed by atoms with Crippen molar-refractivity contribution in [3.63, 3.8) is 0 Å². The molecule has 0 aromatic heterocycles. The van der Waals surface area contributed by atoms with Crippen LogP contribution < -0.4 is 19.1 Å². The third-order valence-electron chi connectivity index (χ3n) is 7.22. The second-order valence-electron chi connectivity index (χ2n) is 10.4. The van der Waals surface area contributed by atoms with E-state index < -0.39 is 28.5 Å². The fraction of sp³-hybridized carbons (Fsp3) is 0.257. The van der Waals surface area contributed by atoms with Crippen LogP contribution in [-0.4, -0.2) is 51.4 Å². The highest BCUT2D eigenvalue weighted by Crippen LogP contribution is 2.28. The third-order valence-corrected chi connectivity index (χ3v) is 9.01. The summed E-state index contributed by atoms with van der Waals surface area (Å²) in [6, 6.07) is 30.0. The molecule has 9 nitrogen and oxygen atoms in total. The second kappa shape index (κ2) is 15.8. The third kappa shape index (κ3) is 8.86. The van der Waals surface area contributed by atoms with E-state index in [9.17, 15) is 18.0 Å². The highest BCUT2D eigenvalue weighted by molar-refractivity contribution is 7.92. The molecule has 1 atom stereocenters. The number of para-hydroxylation sites is 1. The summed E-state index contributed by atoms with van der Waals surface area (Å²) in [7, 11) is -2.61. The van der Waals surface area contributed by atoms with Crippen LogP contribution in [0.5, 0.6) is 17.2 Å². The maximum Gasteiger partial charge on any atom is 0.264 e. The van der Waals surface area contributed by atoms with Crippen LogP contribution in [0.1, 0.15) is 32.3 Å². The van der Waals surface area contributed by atoms with Gasteiger partial charge in [0.25, 0.3) is 10.0 Å². The number of methoxy groups -OCH3 is 1. The maximum atomic E-state index is 14.1. The Morgan fingerprint density at radius 2 is 1.38 bits per heavy atom. The normalized spacial score (nSPS) is 11.7. The maximum absolute atomic E-state index is 14.1. The summed E-state index contributed by atoms with van der Waals surface area (Å²) in [5.74, 6) is 0.946. The molecule has 0 saturated heterocycles. The number of hydrogen-bond donors (Lipinski definition) is 1. The molecule has 1 N–H and O–H groups in total. The number of carbonyl (C=O) groups excluding carboxylic acids is 2. The zero-order chi connectivity index (χ0) is 32.2. The summed E-state index contributed by atoms with van der Waals surface area (Å²) in [5, 5.41) is 2.89. The first-order chi connectivity index (χ1) is 21.7. The van der Waals surface area contributed by atoms with Crippen molar-refractivity contribution < 1.29 is 27.5 Å². The minimum atomic E-state index is -4.17. The van der Waals surface area contributed by atoms with Gasteiger partial charge in [-0.15, -0.1) is 0 Å². The molecular weight excluding hydrogens is 590 g/mol.